The van der Waals surface area contributed by atoms with Gasteiger partial charge in [0, 0.05) is 41.8 Å². The summed E-state index contributed by atoms with van der Waals surface area (Å²) in [5, 5.41) is 50.8. The standard InChI is InChI=1S/C32H31ClN10O6/c33-22-5-10-27(43-18-35-40-41-43)25(16-22)38-29(45)30(46)39-26(28(44)36-23-8-3-21(4-9-23)31(47)48)15-19-1-6-24(7-2-19)37-32(49)42-13-11-20(17-34)12-14-42/h1-10,16,18,20,26,32,37,49H,11-15H2,(H,36,44)(H,38,45)(H,39,46)(H,47,48)/t26-,32?/m0/s1. The molecule has 0 bridgehead atoms. The van der Waals surface area contributed by atoms with E-state index in [4.69, 9.17) is 16.9 Å². The fourth-order valence-corrected chi connectivity index (χ4v) is 5.28. The van der Waals surface area contributed by atoms with Crippen LogP contribution in [-0.4, -0.2) is 84.5 Å². The van der Waals surface area contributed by atoms with Gasteiger partial charge in [0.1, 0.15) is 12.4 Å². The zero-order valence-electron chi connectivity index (χ0n) is 25.8. The van der Waals surface area contributed by atoms with E-state index in [9.17, 15) is 29.4 Å². The van der Waals surface area contributed by atoms with Crippen molar-refractivity contribution in [3.05, 3.63) is 89.2 Å². The summed E-state index contributed by atoms with van der Waals surface area (Å²) < 4.78 is 1.27. The van der Waals surface area contributed by atoms with Crippen molar-refractivity contribution in [2.24, 2.45) is 5.92 Å². The molecule has 17 heteroatoms. The van der Waals surface area contributed by atoms with Crippen LogP contribution in [0, 0.1) is 17.2 Å². The third-order valence-electron chi connectivity index (χ3n) is 7.78. The van der Waals surface area contributed by atoms with Gasteiger partial charge < -0.3 is 31.5 Å². The number of aromatic carboxylic acids is 1. The number of nitrogens with zero attached hydrogens (tertiary/aromatic N) is 6. The molecule has 0 saturated carbocycles. The molecule has 252 valence electrons. The summed E-state index contributed by atoms with van der Waals surface area (Å²) in [4.78, 5) is 52.7. The van der Waals surface area contributed by atoms with Crippen molar-refractivity contribution in [3.8, 4) is 11.8 Å². The maximum atomic E-state index is 13.5. The molecule has 0 radical (unpaired) electrons. The Bertz CT molecular complexity index is 1840. The van der Waals surface area contributed by atoms with E-state index in [1.165, 1.54) is 41.3 Å². The molecule has 16 nitrogen and oxygen atoms in total. The van der Waals surface area contributed by atoms with Crippen molar-refractivity contribution in [2.75, 3.05) is 29.0 Å². The van der Waals surface area contributed by atoms with E-state index >= 15 is 0 Å². The lowest BCUT2D eigenvalue weighted by Crippen LogP contribution is -2.49. The number of carbonyl (C=O) groups is 4. The van der Waals surface area contributed by atoms with E-state index in [0.29, 0.717) is 42.9 Å². The molecule has 1 unspecified atom stereocenters. The number of rotatable bonds is 11. The molecule has 4 aromatic rings. The summed E-state index contributed by atoms with van der Waals surface area (Å²) in [5.41, 5.74) is 1.98. The molecule has 6 N–H and O–H groups in total. The number of aromatic nitrogens is 4. The minimum absolute atomic E-state index is 0.0185. The number of carbonyl (C=O) groups excluding carboxylic acids is 3. The number of hydrogen-bond donors (Lipinski definition) is 6. The normalized spacial score (nSPS) is 14.6. The molecule has 2 atom stereocenters. The third-order valence-corrected chi connectivity index (χ3v) is 8.01. The van der Waals surface area contributed by atoms with Crippen molar-refractivity contribution in [1.29, 1.82) is 5.26 Å². The van der Waals surface area contributed by atoms with E-state index in [-0.39, 0.29) is 34.3 Å². The number of aliphatic hydroxyl groups excluding tert-OH is 1. The number of nitrogens with one attached hydrogen (secondary N) is 4. The van der Waals surface area contributed by atoms with Gasteiger partial charge in [-0.15, -0.1) is 5.10 Å². The Balaban J connectivity index is 1.29. The predicted molar refractivity (Wildman–Crippen MR) is 176 cm³/mol. The van der Waals surface area contributed by atoms with Crippen LogP contribution in [0.4, 0.5) is 17.1 Å². The van der Waals surface area contributed by atoms with Crippen LogP contribution in [0.2, 0.25) is 5.02 Å². The van der Waals surface area contributed by atoms with Crippen molar-refractivity contribution in [2.45, 2.75) is 31.7 Å². The van der Waals surface area contributed by atoms with E-state index in [1.807, 2.05) is 4.90 Å². The highest BCUT2D eigenvalue weighted by molar-refractivity contribution is 6.40. The molecule has 1 aliphatic heterocycles. The van der Waals surface area contributed by atoms with Crippen LogP contribution in [0.3, 0.4) is 0 Å². The van der Waals surface area contributed by atoms with Crippen LogP contribution >= 0.6 is 11.6 Å². The van der Waals surface area contributed by atoms with Gasteiger partial charge in [0.25, 0.3) is 0 Å². The zero-order chi connectivity index (χ0) is 34.9. The first-order valence-electron chi connectivity index (χ1n) is 15.1. The quantitative estimate of drug-likeness (QED) is 0.0986. The molecule has 1 fully saturated rings. The fourth-order valence-electron chi connectivity index (χ4n) is 5.10. The monoisotopic (exact) mass is 686 g/mol. The number of amides is 3. The second kappa shape index (κ2) is 15.8. The van der Waals surface area contributed by atoms with Crippen LogP contribution in [-0.2, 0) is 20.8 Å². The van der Waals surface area contributed by atoms with Gasteiger partial charge in [-0.05, 0) is 83.4 Å². The Hall–Kier alpha value is -5.89. The number of piperidine rings is 1. The summed E-state index contributed by atoms with van der Waals surface area (Å²) in [5.74, 6) is -4.03. The first-order valence-corrected chi connectivity index (χ1v) is 15.4. The number of carboxylic acid groups (broad SMARTS) is 1. The first kappa shape index (κ1) is 34.4. The average Bonchev–Trinajstić information content (AvgIpc) is 3.64. The second-order valence-corrected chi connectivity index (χ2v) is 11.6. The van der Waals surface area contributed by atoms with E-state index in [0.717, 1.165) is 0 Å². The minimum atomic E-state index is -1.25. The lowest BCUT2D eigenvalue weighted by Gasteiger charge is -2.33. The molecule has 1 saturated heterocycles. The summed E-state index contributed by atoms with van der Waals surface area (Å²) in [6.45, 7) is 1.15. The fraction of sp³-hybridized carbons (Fsp3) is 0.250. The van der Waals surface area contributed by atoms with Gasteiger partial charge in [-0.1, -0.05) is 23.7 Å². The Morgan fingerprint density at radius 2 is 1.65 bits per heavy atom. The number of nitriles is 1. The Morgan fingerprint density at radius 1 is 0.959 bits per heavy atom. The molecule has 1 aromatic heterocycles. The smallest absolute Gasteiger partial charge is 0.335 e. The molecular weight excluding hydrogens is 656 g/mol. The SMILES string of the molecule is N#CC1CCN(C(O)Nc2ccc(C[C@H](NC(=O)C(=O)Nc3cc(Cl)ccc3-n3cnnn3)C(=O)Nc3ccc(C(=O)O)cc3)cc2)CC1. The second-order valence-electron chi connectivity index (χ2n) is 11.1. The Kier molecular flexibility index (Phi) is 11.1. The third kappa shape index (κ3) is 9.14. The summed E-state index contributed by atoms with van der Waals surface area (Å²) >= 11 is 6.12. The number of likely N-dealkylation sites (tertiary alicyclic amines) is 1. The average molecular weight is 687 g/mol. The van der Waals surface area contributed by atoms with Crippen LogP contribution < -0.4 is 21.3 Å². The number of halogens is 1. The number of carboxylic acids is 1. The van der Waals surface area contributed by atoms with Crippen molar-refractivity contribution in [3.63, 3.8) is 0 Å². The number of aliphatic hydroxyl groups is 1. The van der Waals surface area contributed by atoms with E-state index in [2.05, 4.69) is 42.9 Å². The van der Waals surface area contributed by atoms with Gasteiger partial charge in [0.05, 0.1) is 23.0 Å². The van der Waals surface area contributed by atoms with Gasteiger partial charge in [-0.25, -0.2) is 4.79 Å². The number of anilines is 3. The van der Waals surface area contributed by atoms with Crippen LogP contribution in [0.15, 0.2) is 73.1 Å². The summed E-state index contributed by atoms with van der Waals surface area (Å²) in [6, 6.07) is 17.8. The molecule has 0 spiro atoms. The Labute approximate surface area is 284 Å². The summed E-state index contributed by atoms with van der Waals surface area (Å²) in [6.07, 6.45) is 1.64. The van der Waals surface area contributed by atoms with Crippen molar-refractivity contribution in [1.82, 2.24) is 30.4 Å². The number of hydrogen-bond acceptors (Lipinski definition) is 11. The number of tetrazole rings is 1. The molecular formula is C32H31ClN10O6. The zero-order valence-corrected chi connectivity index (χ0v) is 26.5. The van der Waals surface area contributed by atoms with E-state index < -0.39 is 36.1 Å². The van der Waals surface area contributed by atoms with Gasteiger partial charge in [-0.3, -0.25) is 19.3 Å². The minimum Gasteiger partial charge on any atom is -0.478 e. The van der Waals surface area contributed by atoms with E-state index in [1.54, 1.807) is 36.4 Å². The van der Waals surface area contributed by atoms with Crippen molar-refractivity contribution < 1.29 is 29.4 Å². The maximum Gasteiger partial charge on any atom is 0.335 e. The lowest BCUT2D eigenvalue weighted by molar-refractivity contribution is -0.137. The molecule has 3 amide bonds. The highest BCUT2D eigenvalue weighted by Gasteiger charge is 2.27. The van der Waals surface area contributed by atoms with Gasteiger partial charge in [0.2, 0.25) is 5.91 Å². The molecule has 1 aliphatic rings. The van der Waals surface area contributed by atoms with Gasteiger partial charge >= 0.3 is 17.8 Å². The summed E-state index contributed by atoms with van der Waals surface area (Å²) in [7, 11) is 0. The molecule has 3 aromatic carbocycles. The van der Waals surface area contributed by atoms with Crippen LogP contribution in [0.25, 0.3) is 5.69 Å². The molecule has 49 heavy (non-hydrogen) atoms. The van der Waals surface area contributed by atoms with Gasteiger partial charge in [-0.2, -0.15) is 9.94 Å². The Morgan fingerprint density at radius 3 is 2.29 bits per heavy atom. The highest BCUT2D eigenvalue weighted by Crippen LogP contribution is 2.24. The highest BCUT2D eigenvalue weighted by atomic mass is 35.5. The molecule has 0 aliphatic carbocycles. The van der Waals surface area contributed by atoms with Crippen molar-refractivity contribution >= 4 is 52.4 Å². The lowest BCUT2D eigenvalue weighted by atomic mass is 9.99. The molecule has 5 rings (SSSR count). The van der Waals surface area contributed by atoms with Gasteiger partial charge in [0.15, 0.2) is 6.35 Å². The largest absolute Gasteiger partial charge is 0.478 e. The predicted octanol–water partition coefficient (Wildman–Crippen LogP) is 2.24. The maximum absolute atomic E-state index is 13.5. The topological polar surface area (TPSA) is 227 Å². The first-order chi connectivity index (χ1) is 23.6. The van der Waals surface area contributed by atoms with Crippen LogP contribution in [0.1, 0.15) is 28.8 Å². The number of benzene rings is 3. The molecule has 2 heterocycles. The van der Waals surface area contributed by atoms with Crippen LogP contribution in [0.5, 0.6) is 0 Å².